The Morgan fingerprint density at radius 3 is 2.52 bits per heavy atom. The van der Waals surface area contributed by atoms with Crippen molar-refractivity contribution in [2.45, 2.75) is 37.5 Å². The van der Waals surface area contributed by atoms with Gasteiger partial charge in [-0.3, -0.25) is 4.79 Å². The standard InChI is InChI=1S/C17H22ClNO2/c18-15-6-4-14(5-7-15)17(8-9-17)16(21)19-10-12-2-1-3-13(12)11-20/h4-7,12-13,20H,1-3,8-11H2,(H,19,21). The smallest absolute Gasteiger partial charge is 0.230 e. The Balaban J connectivity index is 1.61. The zero-order valence-electron chi connectivity index (χ0n) is 12.1. The van der Waals surface area contributed by atoms with Crippen LogP contribution in [-0.4, -0.2) is 24.2 Å². The summed E-state index contributed by atoms with van der Waals surface area (Å²) in [5.74, 6) is 0.921. The molecule has 2 N–H and O–H groups in total. The van der Waals surface area contributed by atoms with E-state index in [0.29, 0.717) is 23.4 Å². The highest BCUT2D eigenvalue weighted by Crippen LogP contribution is 2.48. The molecule has 3 nitrogen and oxygen atoms in total. The van der Waals surface area contributed by atoms with Crippen LogP contribution < -0.4 is 5.32 Å². The van der Waals surface area contributed by atoms with Gasteiger partial charge in [0.2, 0.25) is 5.91 Å². The monoisotopic (exact) mass is 307 g/mol. The summed E-state index contributed by atoms with van der Waals surface area (Å²) < 4.78 is 0. The number of carbonyl (C=O) groups is 1. The van der Waals surface area contributed by atoms with Crippen LogP contribution in [0.15, 0.2) is 24.3 Å². The fourth-order valence-electron chi connectivity index (χ4n) is 3.56. The molecule has 2 fully saturated rings. The van der Waals surface area contributed by atoms with Crippen LogP contribution in [0.2, 0.25) is 5.02 Å². The minimum Gasteiger partial charge on any atom is -0.396 e. The van der Waals surface area contributed by atoms with E-state index in [1.165, 1.54) is 0 Å². The lowest BCUT2D eigenvalue weighted by molar-refractivity contribution is -0.123. The zero-order chi connectivity index (χ0) is 14.9. The topological polar surface area (TPSA) is 49.3 Å². The Labute approximate surface area is 130 Å². The number of aliphatic hydroxyl groups excluding tert-OH is 1. The first-order valence-corrected chi connectivity index (χ1v) is 8.19. The van der Waals surface area contributed by atoms with Crippen LogP contribution in [0.25, 0.3) is 0 Å². The van der Waals surface area contributed by atoms with E-state index in [1.807, 2.05) is 24.3 Å². The number of aliphatic hydroxyl groups is 1. The molecule has 114 valence electrons. The fraction of sp³-hybridized carbons (Fsp3) is 0.588. The minimum atomic E-state index is -0.335. The lowest BCUT2D eigenvalue weighted by Crippen LogP contribution is -2.38. The maximum absolute atomic E-state index is 12.6. The molecule has 2 saturated carbocycles. The van der Waals surface area contributed by atoms with Crippen molar-refractivity contribution in [2.24, 2.45) is 11.8 Å². The molecule has 3 rings (SSSR count). The summed E-state index contributed by atoms with van der Waals surface area (Å²) in [5, 5.41) is 13.2. The summed E-state index contributed by atoms with van der Waals surface area (Å²) in [6.07, 6.45) is 5.18. The molecule has 0 aliphatic heterocycles. The van der Waals surface area contributed by atoms with E-state index in [9.17, 15) is 9.90 Å². The first-order chi connectivity index (χ1) is 10.2. The molecule has 1 aromatic rings. The van der Waals surface area contributed by atoms with Gasteiger partial charge in [-0.15, -0.1) is 0 Å². The molecular formula is C17H22ClNO2. The van der Waals surface area contributed by atoms with E-state index >= 15 is 0 Å². The van der Waals surface area contributed by atoms with Crippen molar-refractivity contribution in [2.75, 3.05) is 13.2 Å². The summed E-state index contributed by atoms with van der Waals surface area (Å²) in [6, 6.07) is 7.62. The Bertz CT molecular complexity index is 510. The van der Waals surface area contributed by atoms with Crippen LogP contribution in [0.5, 0.6) is 0 Å². The molecule has 0 aromatic heterocycles. The number of nitrogens with one attached hydrogen (secondary N) is 1. The summed E-state index contributed by atoms with van der Waals surface area (Å²) in [4.78, 5) is 12.6. The second kappa shape index (κ2) is 5.98. The van der Waals surface area contributed by atoms with Crippen LogP contribution in [0.3, 0.4) is 0 Å². The van der Waals surface area contributed by atoms with Crippen LogP contribution in [0.1, 0.15) is 37.7 Å². The highest BCUT2D eigenvalue weighted by Gasteiger charge is 2.51. The van der Waals surface area contributed by atoms with Crippen LogP contribution in [0.4, 0.5) is 0 Å². The first kappa shape index (κ1) is 14.9. The van der Waals surface area contributed by atoms with E-state index in [1.54, 1.807) is 0 Å². The summed E-state index contributed by atoms with van der Waals surface area (Å²) in [5.41, 5.74) is 0.729. The fourth-order valence-corrected chi connectivity index (χ4v) is 3.68. The van der Waals surface area contributed by atoms with Crippen molar-refractivity contribution in [3.8, 4) is 0 Å². The zero-order valence-corrected chi connectivity index (χ0v) is 12.9. The average Bonchev–Trinajstić information content (AvgIpc) is 3.18. The maximum Gasteiger partial charge on any atom is 0.230 e. The third kappa shape index (κ3) is 2.95. The number of amides is 1. The molecule has 1 aromatic carbocycles. The van der Waals surface area contributed by atoms with E-state index in [-0.39, 0.29) is 17.9 Å². The van der Waals surface area contributed by atoms with Gasteiger partial charge in [0.25, 0.3) is 0 Å². The first-order valence-electron chi connectivity index (χ1n) is 7.81. The predicted octanol–water partition coefficient (Wildman–Crippen LogP) is 2.90. The van der Waals surface area contributed by atoms with Crippen molar-refractivity contribution >= 4 is 17.5 Å². The predicted molar refractivity (Wildman–Crippen MR) is 83.3 cm³/mol. The molecule has 2 unspecified atom stereocenters. The van der Waals surface area contributed by atoms with Gasteiger partial charge in [-0.25, -0.2) is 0 Å². The summed E-state index contributed by atoms with van der Waals surface area (Å²) in [6.45, 7) is 0.933. The van der Waals surface area contributed by atoms with Gasteiger partial charge in [-0.1, -0.05) is 30.2 Å². The van der Waals surface area contributed by atoms with Gasteiger partial charge < -0.3 is 10.4 Å². The van der Waals surface area contributed by atoms with E-state index < -0.39 is 0 Å². The van der Waals surface area contributed by atoms with Crippen LogP contribution >= 0.6 is 11.6 Å². The van der Waals surface area contributed by atoms with E-state index in [4.69, 9.17) is 11.6 Å². The molecule has 0 bridgehead atoms. The second-order valence-corrected chi connectivity index (χ2v) is 6.87. The Hall–Kier alpha value is -1.06. The second-order valence-electron chi connectivity index (χ2n) is 6.43. The summed E-state index contributed by atoms with van der Waals surface area (Å²) in [7, 11) is 0. The molecule has 2 aliphatic carbocycles. The number of halogens is 1. The van der Waals surface area contributed by atoms with Gasteiger partial charge in [0.05, 0.1) is 5.41 Å². The van der Waals surface area contributed by atoms with Crippen molar-refractivity contribution in [3.05, 3.63) is 34.9 Å². The van der Waals surface area contributed by atoms with Crippen molar-refractivity contribution < 1.29 is 9.90 Å². The van der Waals surface area contributed by atoms with Gasteiger partial charge in [0, 0.05) is 18.2 Å². The molecule has 0 heterocycles. The van der Waals surface area contributed by atoms with E-state index in [2.05, 4.69) is 5.32 Å². The quantitative estimate of drug-likeness (QED) is 0.879. The Morgan fingerprint density at radius 2 is 1.90 bits per heavy atom. The SMILES string of the molecule is O=C(NCC1CCCC1CO)C1(c2ccc(Cl)cc2)CC1. The summed E-state index contributed by atoms with van der Waals surface area (Å²) >= 11 is 5.92. The van der Waals surface area contributed by atoms with Gasteiger partial charge in [-0.2, -0.15) is 0 Å². The molecule has 4 heteroatoms. The number of rotatable bonds is 5. The largest absolute Gasteiger partial charge is 0.396 e. The minimum absolute atomic E-state index is 0.133. The van der Waals surface area contributed by atoms with Crippen molar-refractivity contribution in [1.29, 1.82) is 0 Å². The number of hydrogen-bond acceptors (Lipinski definition) is 2. The van der Waals surface area contributed by atoms with E-state index in [0.717, 1.165) is 37.7 Å². The Kier molecular flexibility index (Phi) is 4.23. The van der Waals surface area contributed by atoms with Crippen molar-refractivity contribution in [3.63, 3.8) is 0 Å². The number of carbonyl (C=O) groups excluding carboxylic acids is 1. The van der Waals surface area contributed by atoms with Crippen molar-refractivity contribution in [1.82, 2.24) is 5.32 Å². The lowest BCUT2D eigenvalue weighted by Gasteiger charge is -2.21. The molecule has 2 atom stereocenters. The third-order valence-electron chi connectivity index (χ3n) is 5.16. The van der Waals surface area contributed by atoms with Gasteiger partial charge in [0.15, 0.2) is 0 Å². The van der Waals surface area contributed by atoms with Gasteiger partial charge >= 0.3 is 0 Å². The third-order valence-corrected chi connectivity index (χ3v) is 5.41. The van der Waals surface area contributed by atoms with Gasteiger partial charge in [0.1, 0.15) is 0 Å². The molecule has 21 heavy (non-hydrogen) atoms. The molecule has 1 amide bonds. The molecule has 0 radical (unpaired) electrons. The average molecular weight is 308 g/mol. The van der Waals surface area contributed by atoms with Crippen LogP contribution in [0, 0.1) is 11.8 Å². The highest BCUT2D eigenvalue weighted by atomic mass is 35.5. The molecular weight excluding hydrogens is 286 g/mol. The maximum atomic E-state index is 12.6. The lowest BCUT2D eigenvalue weighted by atomic mass is 9.93. The normalized spacial score (nSPS) is 26.6. The highest BCUT2D eigenvalue weighted by molar-refractivity contribution is 6.30. The van der Waals surface area contributed by atoms with Gasteiger partial charge in [-0.05, 0) is 55.2 Å². The molecule has 0 saturated heterocycles. The Morgan fingerprint density at radius 1 is 1.24 bits per heavy atom. The molecule has 2 aliphatic rings. The molecule has 0 spiro atoms. The number of benzene rings is 1. The van der Waals surface area contributed by atoms with Crippen LogP contribution in [-0.2, 0) is 10.2 Å². The number of hydrogen-bond donors (Lipinski definition) is 2.